The Morgan fingerprint density at radius 2 is 2.24 bits per heavy atom. The number of nitrogens with zero attached hydrogens (tertiary/aromatic N) is 2. The minimum absolute atomic E-state index is 0.0212. The molecule has 1 aliphatic rings. The molecule has 1 aliphatic heterocycles. The van der Waals surface area contributed by atoms with Crippen molar-refractivity contribution in [3.05, 3.63) is 22.2 Å². The molecule has 2 atom stereocenters. The standard InChI is InChI=1S/C10H15N3O3.C3H8O2/c1-6-4-13(10(15)12-9(6)11)8-3-2-7(5-14)16-8;1-5-3-2-4/h4,7-8,14H,2-3,5H2,1H3,(H2,11,12,15);4H,2-3H2,1H3. The number of hydrogen-bond donors (Lipinski definition) is 3. The molecule has 0 aromatic carbocycles. The van der Waals surface area contributed by atoms with Crippen LogP contribution in [0.3, 0.4) is 0 Å². The second kappa shape index (κ2) is 8.73. The first-order valence-electron chi connectivity index (χ1n) is 6.74. The molecule has 0 aliphatic carbocycles. The summed E-state index contributed by atoms with van der Waals surface area (Å²) in [6, 6.07) is 0. The lowest BCUT2D eigenvalue weighted by atomic mass is 10.2. The second-order valence-electron chi connectivity index (χ2n) is 4.69. The first kappa shape index (κ1) is 17.6. The zero-order valence-electron chi connectivity index (χ0n) is 12.4. The molecular weight excluding hydrogens is 278 g/mol. The smallest absolute Gasteiger partial charge is 0.351 e. The molecule has 0 bridgehead atoms. The Hall–Kier alpha value is -1.48. The summed E-state index contributed by atoms with van der Waals surface area (Å²) >= 11 is 0. The number of ether oxygens (including phenoxy) is 2. The van der Waals surface area contributed by atoms with Crippen molar-refractivity contribution in [3.63, 3.8) is 0 Å². The van der Waals surface area contributed by atoms with Gasteiger partial charge >= 0.3 is 5.69 Å². The van der Waals surface area contributed by atoms with Gasteiger partial charge in [-0.2, -0.15) is 4.98 Å². The fraction of sp³-hybridized carbons (Fsp3) is 0.692. The normalized spacial score (nSPS) is 21.0. The second-order valence-corrected chi connectivity index (χ2v) is 4.69. The summed E-state index contributed by atoms with van der Waals surface area (Å²) in [5, 5.41) is 16.9. The van der Waals surface area contributed by atoms with Gasteiger partial charge in [0.1, 0.15) is 12.0 Å². The van der Waals surface area contributed by atoms with Gasteiger partial charge in [-0.15, -0.1) is 0 Å². The van der Waals surface area contributed by atoms with Crippen LogP contribution < -0.4 is 11.4 Å². The van der Waals surface area contributed by atoms with E-state index in [1.165, 1.54) is 4.57 Å². The first-order chi connectivity index (χ1) is 10.0. The predicted molar refractivity (Wildman–Crippen MR) is 76.8 cm³/mol. The summed E-state index contributed by atoms with van der Waals surface area (Å²) in [6.45, 7) is 2.33. The van der Waals surface area contributed by atoms with Crippen LogP contribution in [0.2, 0.25) is 0 Å². The van der Waals surface area contributed by atoms with Gasteiger partial charge in [0.05, 0.1) is 25.9 Å². The maximum absolute atomic E-state index is 11.6. The molecule has 2 rings (SSSR count). The molecule has 1 aromatic rings. The van der Waals surface area contributed by atoms with Crippen LogP contribution in [0.4, 0.5) is 5.82 Å². The lowest BCUT2D eigenvalue weighted by molar-refractivity contribution is -0.0246. The van der Waals surface area contributed by atoms with Gasteiger partial charge in [0.2, 0.25) is 0 Å². The van der Waals surface area contributed by atoms with Crippen LogP contribution >= 0.6 is 0 Å². The highest BCUT2D eigenvalue weighted by atomic mass is 16.5. The number of nitrogen functional groups attached to an aromatic ring is 1. The number of nitrogens with two attached hydrogens (primary N) is 1. The van der Waals surface area contributed by atoms with Crippen LogP contribution in [-0.4, -0.2) is 52.8 Å². The molecule has 4 N–H and O–H groups in total. The number of methoxy groups -OCH3 is 1. The van der Waals surface area contributed by atoms with Gasteiger partial charge in [-0.05, 0) is 19.8 Å². The van der Waals surface area contributed by atoms with E-state index in [-0.39, 0.29) is 31.4 Å². The molecule has 8 heteroatoms. The number of aliphatic hydroxyl groups excluding tert-OH is 2. The Morgan fingerprint density at radius 3 is 2.71 bits per heavy atom. The van der Waals surface area contributed by atoms with E-state index in [0.29, 0.717) is 13.0 Å². The fourth-order valence-corrected chi connectivity index (χ4v) is 1.90. The Balaban J connectivity index is 0.000000383. The van der Waals surface area contributed by atoms with E-state index in [9.17, 15) is 4.79 Å². The monoisotopic (exact) mass is 301 g/mol. The Labute approximate surface area is 123 Å². The van der Waals surface area contributed by atoms with Gasteiger partial charge in [-0.3, -0.25) is 4.57 Å². The highest BCUT2D eigenvalue weighted by Gasteiger charge is 2.26. The van der Waals surface area contributed by atoms with Crippen molar-refractivity contribution in [2.75, 3.05) is 32.7 Å². The quantitative estimate of drug-likeness (QED) is 0.681. The topological polar surface area (TPSA) is 120 Å². The van der Waals surface area contributed by atoms with E-state index in [4.69, 9.17) is 20.7 Å². The number of aromatic nitrogens is 2. The molecule has 0 amide bonds. The average Bonchev–Trinajstić information content (AvgIpc) is 2.93. The molecule has 21 heavy (non-hydrogen) atoms. The molecule has 1 aromatic heterocycles. The number of aryl methyl sites for hydroxylation is 1. The van der Waals surface area contributed by atoms with Crippen molar-refractivity contribution in [1.29, 1.82) is 0 Å². The van der Waals surface area contributed by atoms with Gasteiger partial charge in [0, 0.05) is 18.9 Å². The Kier molecular flexibility index (Phi) is 7.30. The van der Waals surface area contributed by atoms with Gasteiger partial charge < -0.3 is 25.4 Å². The van der Waals surface area contributed by atoms with Crippen LogP contribution in [0.25, 0.3) is 0 Å². The van der Waals surface area contributed by atoms with Crippen LogP contribution in [0, 0.1) is 6.92 Å². The molecule has 0 radical (unpaired) electrons. The van der Waals surface area contributed by atoms with Crippen molar-refractivity contribution < 1.29 is 19.7 Å². The average molecular weight is 301 g/mol. The maximum atomic E-state index is 11.6. The number of anilines is 1. The van der Waals surface area contributed by atoms with Crippen molar-refractivity contribution in [1.82, 2.24) is 9.55 Å². The van der Waals surface area contributed by atoms with E-state index >= 15 is 0 Å². The third-order valence-corrected chi connectivity index (χ3v) is 3.07. The lowest BCUT2D eigenvalue weighted by Gasteiger charge is -2.15. The van der Waals surface area contributed by atoms with Crippen molar-refractivity contribution in [2.24, 2.45) is 0 Å². The van der Waals surface area contributed by atoms with E-state index in [2.05, 4.69) is 9.72 Å². The van der Waals surface area contributed by atoms with Crippen LogP contribution in [0.5, 0.6) is 0 Å². The van der Waals surface area contributed by atoms with E-state index in [1.54, 1.807) is 20.2 Å². The number of hydrogen-bond acceptors (Lipinski definition) is 7. The van der Waals surface area contributed by atoms with Gasteiger partial charge in [0.25, 0.3) is 0 Å². The first-order valence-corrected chi connectivity index (χ1v) is 6.74. The van der Waals surface area contributed by atoms with E-state index < -0.39 is 5.69 Å². The van der Waals surface area contributed by atoms with Crippen LogP contribution in [0.15, 0.2) is 11.0 Å². The van der Waals surface area contributed by atoms with E-state index in [0.717, 1.165) is 12.0 Å². The molecule has 1 saturated heterocycles. The molecule has 0 spiro atoms. The van der Waals surface area contributed by atoms with Gasteiger partial charge in [0.15, 0.2) is 0 Å². The third-order valence-electron chi connectivity index (χ3n) is 3.07. The largest absolute Gasteiger partial charge is 0.394 e. The van der Waals surface area contributed by atoms with Crippen molar-refractivity contribution in [3.8, 4) is 0 Å². The zero-order chi connectivity index (χ0) is 15.8. The van der Waals surface area contributed by atoms with E-state index in [1.807, 2.05) is 0 Å². The maximum Gasteiger partial charge on any atom is 0.351 e. The summed E-state index contributed by atoms with van der Waals surface area (Å²) in [5.41, 5.74) is 5.87. The van der Waals surface area contributed by atoms with Crippen molar-refractivity contribution >= 4 is 5.82 Å². The highest BCUT2D eigenvalue weighted by Crippen LogP contribution is 2.26. The summed E-state index contributed by atoms with van der Waals surface area (Å²) in [6.07, 6.45) is 2.58. The molecule has 0 saturated carbocycles. The highest BCUT2D eigenvalue weighted by molar-refractivity contribution is 5.35. The third kappa shape index (κ3) is 5.09. The molecule has 120 valence electrons. The number of aliphatic hydroxyl groups is 2. The summed E-state index contributed by atoms with van der Waals surface area (Å²) < 4.78 is 11.4. The van der Waals surface area contributed by atoms with Crippen LogP contribution in [-0.2, 0) is 9.47 Å². The number of rotatable bonds is 4. The molecule has 2 unspecified atom stereocenters. The van der Waals surface area contributed by atoms with Gasteiger partial charge in [-0.1, -0.05) is 0 Å². The fourth-order valence-electron chi connectivity index (χ4n) is 1.90. The Bertz CT molecular complexity index is 489. The lowest BCUT2D eigenvalue weighted by Crippen LogP contribution is -2.28. The zero-order valence-corrected chi connectivity index (χ0v) is 12.4. The molecular formula is C13H23N3O5. The Morgan fingerprint density at radius 1 is 1.52 bits per heavy atom. The van der Waals surface area contributed by atoms with Crippen molar-refractivity contribution in [2.45, 2.75) is 32.1 Å². The van der Waals surface area contributed by atoms with Gasteiger partial charge in [-0.25, -0.2) is 4.79 Å². The summed E-state index contributed by atoms with van der Waals surface area (Å²) in [4.78, 5) is 15.3. The SMILES string of the molecule is COCCO.Cc1cn(C2CCC(CO)O2)c(=O)nc1N. The minimum Gasteiger partial charge on any atom is -0.394 e. The predicted octanol–water partition coefficient (Wildman–Crippen LogP) is -0.571. The summed E-state index contributed by atoms with van der Waals surface area (Å²) in [7, 11) is 1.55. The molecule has 2 heterocycles. The minimum atomic E-state index is -0.410. The molecule has 8 nitrogen and oxygen atoms in total. The summed E-state index contributed by atoms with van der Waals surface area (Å²) in [5.74, 6) is 0.248. The molecule has 1 fully saturated rings. The van der Waals surface area contributed by atoms with Crippen LogP contribution in [0.1, 0.15) is 24.6 Å².